The van der Waals surface area contributed by atoms with E-state index < -0.39 is 0 Å². The summed E-state index contributed by atoms with van der Waals surface area (Å²) in [6.45, 7) is 5.44. The predicted octanol–water partition coefficient (Wildman–Crippen LogP) is 4.42. The van der Waals surface area contributed by atoms with Gasteiger partial charge in [0, 0.05) is 25.7 Å². The first-order valence-corrected chi connectivity index (χ1v) is 10.0. The Hall–Kier alpha value is -2.82. The fourth-order valence-electron chi connectivity index (χ4n) is 4.02. The zero-order valence-electron chi connectivity index (χ0n) is 16.5. The quantitative estimate of drug-likeness (QED) is 0.715. The lowest BCUT2D eigenvalue weighted by molar-refractivity contribution is -0.133. The van der Waals surface area contributed by atoms with Crippen LogP contribution in [0, 0.1) is 12.8 Å². The summed E-state index contributed by atoms with van der Waals surface area (Å²) < 4.78 is 5.51. The Bertz CT molecular complexity index is 943. The Kier molecular flexibility index (Phi) is 5.33. The van der Waals surface area contributed by atoms with E-state index in [4.69, 9.17) is 4.42 Å². The van der Waals surface area contributed by atoms with Crippen molar-refractivity contribution in [3.8, 4) is 0 Å². The van der Waals surface area contributed by atoms with Crippen molar-refractivity contribution in [1.82, 2.24) is 9.88 Å². The van der Waals surface area contributed by atoms with Crippen LogP contribution in [-0.2, 0) is 11.2 Å². The molecule has 1 atom stereocenters. The number of likely N-dealkylation sites (tertiary alicyclic amines) is 1. The van der Waals surface area contributed by atoms with E-state index in [1.54, 1.807) is 0 Å². The maximum absolute atomic E-state index is 12.9. The van der Waals surface area contributed by atoms with Gasteiger partial charge < -0.3 is 14.6 Å². The molecule has 146 valence electrons. The molecular weight excluding hydrogens is 350 g/mol. The van der Waals surface area contributed by atoms with Crippen LogP contribution in [0.3, 0.4) is 0 Å². The Balaban J connectivity index is 1.31. The number of amides is 1. The molecule has 1 aliphatic heterocycles. The summed E-state index contributed by atoms with van der Waals surface area (Å²) in [4.78, 5) is 19.2. The predicted molar refractivity (Wildman–Crippen MR) is 111 cm³/mol. The second-order valence-electron chi connectivity index (χ2n) is 7.74. The molecule has 5 nitrogen and oxygen atoms in total. The monoisotopic (exact) mass is 377 g/mol. The van der Waals surface area contributed by atoms with E-state index in [9.17, 15) is 4.79 Å². The molecule has 5 heteroatoms. The molecular formula is C23H27N3O2. The summed E-state index contributed by atoms with van der Waals surface area (Å²) in [5, 5.41) is 3.32. The van der Waals surface area contributed by atoms with E-state index in [1.165, 1.54) is 5.56 Å². The largest absolute Gasteiger partial charge is 0.441 e. The van der Waals surface area contributed by atoms with Gasteiger partial charge in [-0.05, 0) is 55.9 Å². The number of rotatable bonds is 5. The molecule has 2 aromatic carbocycles. The van der Waals surface area contributed by atoms with Crippen LogP contribution >= 0.6 is 0 Å². The van der Waals surface area contributed by atoms with Gasteiger partial charge in [-0.2, -0.15) is 0 Å². The third kappa shape index (κ3) is 4.19. The third-order valence-electron chi connectivity index (χ3n) is 5.54. The number of carbonyl (C=O) groups excluding carboxylic acids is 1. The van der Waals surface area contributed by atoms with E-state index in [0.717, 1.165) is 49.1 Å². The molecule has 1 saturated heterocycles. The number of aryl methyl sites for hydroxylation is 1. The maximum Gasteiger partial charge on any atom is 0.244 e. The lowest BCUT2D eigenvalue weighted by Crippen LogP contribution is -2.45. The van der Waals surface area contributed by atoms with Crippen molar-refractivity contribution < 1.29 is 9.21 Å². The molecule has 1 unspecified atom stereocenters. The van der Waals surface area contributed by atoms with E-state index in [-0.39, 0.29) is 11.9 Å². The van der Waals surface area contributed by atoms with E-state index >= 15 is 0 Å². The van der Waals surface area contributed by atoms with Crippen LogP contribution in [0.25, 0.3) is 11.1 Å². The number of oxazole rings is 1. The van der Waals surface area contributed by atoms with Crippen LogP contribution in [0.4, 0.5) is 5.69 Å². The minimum Gasteiger partial charge on any atom is -0.441 e. The number of benzene rings is 2. The molecule has 0 radical (unpaired) electrons. The third-order valence-corrected chi connectivity index (χ3v) is 5.54. The van der Waals surface area contributed by atoms with Gasteiger partial charge in [0.25, 0.3) is 0 Å². The Labute approximate surface area is 165 Å². The van der Waals surface area contributed by atoms with E-state index in [1.807, 2.05) is 36.9 Å². The summed E-state index contributed by atoms with van der Waals surface area (Å²) in [7, 11) is 0. The average molecular weight is 377 g/mol. The number of fused-ring (bicyclic) bond motifs is 1. The first kappa shape index (κ1) is 18.5. The Morgan fingerprint density at radius 3 is 2.71 bits per heavy atom. The average Bonchev–Trinajstić information content (AvgIpc) is 3.08. The SMILES string of the molecule is Cc1nc2cc(NC(C)C(=O)N3CCC(Cc4ccccc4)CC3)ccc2o1. The molecule has 0 spiro atoms. The minimum atomic E-state index is -0.267. The van der Waals surface area contributed by atoms with Crippen LogP contribution in [0.15, 0.2) is 52.9 Å². The summed E-state index contributed by atoms with van der Waals surface area (Å²) in [6.07, 6.45) is 3.24. The lowest BCUT2D eigenvalue weighted by Gasteiger charge is -2.34. The fourth-order valence-corrected chi connectivity index (χ4v) is 4.02. The molecule has 4 rings (SSSR count). The van der Waals surface area contributed by atoms with Gasteiger partial charge in [0.2, 0.25) is 5.91 Å². The zero-order chi connectivity index (χ0) is 19.5. The molecule has 1 amide bonds. The first-order valence-electron chi connectivity index (χ1n) is 10.0. The lowest BCUT2D eigenvalue weighted by atomic mass is 9.90. The van der Waals surface area contributed by atoms with Crippen molar-refractivity contribution in [1.29, 1.82) is 0 Å². The van der Waals surface area contributed by atoms with Crippen LogP contribution in [0.1, 0.15) is 31.2 Å². The second-order valence-corrected chi connectivity index (χ2v) is 7.74. The van der Waals surface area contributed by atoms with Crippen molar-refractivity contribution in [3.05, 3.63) is 60.0 Å². The van der Waals surface area contributed by atoms with Gasteiger partial charge in [-0.25, -0.2) is 4.98 Å². The second kappa shape index (κ2) is 8.05. The number of nitrogens with zero attached hydrogens (tertiary/aromatic N) is 2. The molecule has 0 aliphatic carbocycles. The van der Waals surface area contributed by atoms with Crippen LogP contribution in [-0.4, -0.2) is 34.9 Å². The summed E-state index contributed by atoms with van der Waals surface area (Å²) >= 11 is 0. The molecule has 1 fully saturated rings. The number of nitrogens with one attached hydrogen (secondary N) is 1. The van der Waals surface area contributed by atoms with Crippen molar-refractivity contribution in [2.45, 2.75) is 39.2 Å². The van der Waals surface area contributed by atoms with Crippen molar-refractivity contribution >= 4 is 22.7 Å². The smallest absolute Gasteiger partial charge is 0.244 e. The number of piperidine rings is 1. The topological polar surface area (TPSA) is 58.4 Å². The molecule has 1 aromatic heterocycles. The van der Waals surface area contributed by atoms with Gasteiger partial charge in [-0.15, -0.1) is 0 Å². The molecule has 0 bridgehead atoms. The van der Waals surface area contributed by atoms with Gasteiger partial charge in [0.05, 0.1) is 0 Å². The molecule has 1 aliphatic rings. The molecule has 28 heavy (non-hydrogen) atoms. The molecule has 3 aromatic rings. The van der Waals surface area contributed by atoms with Gasteiger partial charge in [0.15, 0.2) is 11.5 Å². The number of hydrogen-bond donors (Lipinski definition) is 1. The van der Waals surface area contributed by atoms with Crippen molar-refractivity contribution in [3.63, 3.8) is 0 Å². The van der Waals surface area contributed by atoms with E-state index in [2.05, 4.69) is 40.6 Å². The first-order chi connectivity index (χ1) is 13.6. The van der Waals surface area contributed by atoms with Crippen LogP contribution in [0.5, 0.6) is 0 Å². The minimum absolute atomic E-state index is 0.162. The maximum atomic E-state index is 12.9. The van der Waals surface area contributed by atoms with Gasteiger partial charge in [-0.3, -0.25) is 4.79 Å². The van der Waals surface area contributed by atoms with Crippen LogP contribution < -0.4 is 5.32 Å². The van der Waals surface area contributed by atoms with E-state index in [0.29, 0.717) is 11.8 Å². The number of carbonyl (C=O) groups is 1. The highest BCUT2D eigenvalue weighted by atomic mass is 16.3. The highest BCUT2D eigenvalue weighted by molar-refractivity contribution is 5.85. The van der Waals surface area contributed by atoms with Crippen molar-refractivity contribution in [2.75, 3.05) is 18.4 Å². The van der Waals surface area contributed by atoms with Crippen LogP contribution in [0.2, 0.25) is 0 Å². The van der Waals surface area contributed by atoms with Gasteiger partial charge >= 0.3 is 0 Å². The number of anilines is 1. The fraction of sp³-hybridized carbons (Fsp3) is 0.391. The summed E-state index contributed by atoms with van der Waals surface area (Å²) in [5.74, 6) is 1.47. The van der Waals surface area contributed by atoms with Crippen molar-refractivity contribution in [2.24, 2.45) is 5.92 Å². The Morgan fingerprint density at radius 2 is 1.96 bits per heavy atom. The molecule has 2 heterocycles. The zero-order valence-corrected chi connectivity index (χ0v) is 16.5. The summed E-state index contributed by atoms with van der Waals surface area (Å²) in [5.41, 5.74) is 3.85. The highest BCUT2D eigenvalue weighted by Gasteiger charge is 2.26. The molecule has 0 saturated carbocycles. The standard InChI is InChI=1S/C23H27N3O2/c1-16(24-20-8-9-22-21(15-20)25-17(2)28-22)23(27)26-12-10-19(11-13-26)14-18-6-4-3-5-7-18/h3-9,15-16,19,24H,10-14H2,1-2H3. The Morgan fingerprint density at radius 1 is 1.21 bits per heavy atom. The molecule has 1 N–H and O–H groups in total. The van der Waals surface area contributed by atoms with Gasteiger partial charge in [-0.1, -0.05) is 30.3 Å². The number of aromatic nitrogens is 1. The number of hydrogen-bond acceptors (Lipinski definition) is 4. The van der Waals surface area contributed by atoms with Gasteiger partial charge in [0.1, 0.15) is 11.6 Å². The summed E-state index contributed by atoms with van der Waals surface area (Å²) in [6, 6.07) is 16.1. The highest BCUT2D eigenvalue weighted by Crippen LogP contribution is 2.23. The normalized spacial score (nSPS) is 16.3.